The molecule has 0 saturated heterocycles. The predicted octanol–water partition coefficient (Wildman–Crippen LogP) is 3.69. The molecule has 2 amide bonds. The number of amidine groups is 2. The maximum absolute atomic E-state index is 13.1. The highest BCUT2D eigenvalue weighted by molar-refractivity contribution is 8.13. The van der Waals surface area contributed by atoms with E-state index in [2.05, 4.69) is 15.3 Å². The number of nitrogens with zero attached hydrogens (tertiary/aromatic N) is 5. The smallest absolute Gasteiger partial charge is 0.270 e. The number of nitrogens with one attached hydrogen (secondary N) is 1. The Morgan fingerprint density at radius 2 is 1.83 bits per heavy atom. The van der Waals surface area contributed by atoms with Gasteiger partial charge in [-0.1, -0.05) is 48.2 Å². The second kappa shape index (κ2) is 11.4. The topological polar surface area (TPSA) is 118 Å². The zero-order valence-electron chi connectivity index (χ0n) is 22.2. The molecule has 1 unspecified atom stereocenters. The molecule has 2 aliphatic heterocycles. The Bertz CT molecular complexity index is 1780. The van der Waals surface area contributed by atoms with Crippen LogP contribution in [0.5, 0.6) is 5.75 Å². The average molecular weight is 567 g/mol. The van der Waals surface area contributed by atoms with Crippen LogP contribution in [-0.4, -0.2) is 50.3 Å². The first-order valence-electron chi connectivity index (χ1n) is 13.1. The number of pyridine rings is 1. The number of fused-ring (bicyclic) bond motifs is 4. The molecule has 0 saturated carbocycles. The van der Waals surface area contributed by atoms with Crippen molar-refractivity contribution in [2.45, 2.75) is 31.2 Å². The number of para-hydroxylation sites is 2. The number of benzene rings is 2. The number of carbonyl (C=O) groups is 2. The predicted molar refractivity (Wildman–Crippen MR) is 158 cm³/mol. The Balaban J connectivity index is 1.19. The third-order valence-corrected chi connectivity index (χ3v) is 7.88. The van der Waals surface area contributed by atoms with E-state index in [1.807, 2.05) is 59.5 Å². The summed E-state index contributed by atoms with van der Waals surface area (Å²) >= 11 is 1.38. The van der Waals surface area contributed by atoms with Crippen molar-refractivity contribution >= 4 is 45.9 Å². The van der Waals surface area contributed by atoms with Gasteiger partial charge in [0.05, 0.1) is 18.5 Å². The molecule has 4 heterocycles. The van der Waals surface area contributed by atoms with E-state index in [-0.39, 0.29) is 30.2 Å². The van der Waals surface area contributed by atoms with Crippen LogP contribution in [0.2, 0.25) is 0 Å². The molecule has 0 spiro atoms. The fourth-order valence-corrected chi connectivity index (χ4v) is 5.83. The third-order valence-electron chi connectivity index (χ3n) is 6.89. The van der Waals surface area contributed by atoms with E-state index in [1.54, 1.807) is 25.4 Å². The van der Waals surface area contributed by atoms with Crippen LogP contribution in [0.1, 0.15) is 29.7 Å². The molecule has 41 heavy (non-hydrogen) atoms. The number of aliphatic imine (C=N–C) groups is 2. The van der Waals surface area contributed by atoms with Crippen molar-refractivity contribution in [1.82, 2.24) is 19.6 Å². The number of methoxy groups -OCH3 is 1. The number of aromatic nitrogens is 2. The molecule has 1 N–H and O–H groups in total. The van der Waals surface area contributed by atoms with Crippen molar-refractivity contribution in [3.63, 3.8) is 0 Å². The maximum Gasteiger partial charge on any atom is 0.270 e. The van der Waals surface area contributed by atoms with Gasteiger partial charge in [-0.15, -0.1) is 0 Å². The lowest BCUT2D eigenvalue weighted by Crippen LogP contribution is -2.44. The summed E-state index contributed by atoms with van der Waals surface area (Å²) in [6, 6.07) is 21.2. The standard InChI is InChI=1S/C30H26N6O4S/c1-40-24-11-5-2-8-19(24)17-31-26(37)14-13-23-29(39)34-28-21-9-3-4-10-22(21)33-30(36(23)28)41-18-20-16-27(38)35-15-7-6-12-25(35)32-20/h2-12,15-16,23H,13-14,17-18H2,1H3,(H,31,37). The van der Waals surface area contributed by atoms with Gasteiger partial charge in [0, 0.05) is 42.1 Å². The minimum absolute atomic E-state index is 0.132. The van der Waals surface area contributed by atoms with Gasteiger partial charge < -0.3 is 10.1 Å². The van der Waals surface area contributed by atoms with Crippen LogP contribution in [-0.2, 0) is 21.9 Å². The van der Waals surface area contributed by atoms with Gasteiger partial charge in [0.1, 0.15) is 23.3 Å². The Morgan fingerprint density at radius 1 is 1.02 bits per heavy atom. The van der Waals surface area contributed by atoms with Gasteiger partial charge in [0.25, 0.3) is 11.5 Å². The molecular formula is C30H26N6O4S. The summed E-state index contributed by atoms with van der Waals surface area (Å²) in [6.07, 6.45) is 2.08. The number of ether oxygens (including phenoxy) is 1. The van der Waals surface area contributed by atoms with E-state index < -0.39 is 6.04 Å². The van der Waals surface area contributed by atoms with Crippen LogP contribution in [0, 0.1) is 0 Å². The minimum atomic E-state index is -0.670. The summed E-state index contributed by atoms with van der Waals surface area (Å²) in [4.78, 5) is 54.1. The summed E-state index contributed by atoms with van der Waals surface area (Å²) in [5.41, 5.74) is 3.32. The molecule has 10 nitrogen and oxygen atoms in total. The van der Waals surface area contributed by atoms with Crippen LogP contribution < -0.4 is 15.6 Å². The number of thioether (sulfide) groups is 1. The highest BCUT2D eigenvalue weighted by Gasteiger charge is 2.41. The molecule has 0 fully saturated rings. The van der Waals surface area contributed by atoms with Crippen molar-refractivity contribution in [2.24, 2.45) is 9.98 Å². The van der Waals surface area contributed by atoms with Crippen molar-refractivity contribution in [2.75, 3.05) is 7.11 Å². The number of carbonyl (C=O) groups excluding carboxylic acids is 2. The summed E-state index contributed by atoms with van der Waals surface area (Å²) in [6.45, 7) is 0.321. The molecule has 4 aromatic rings. The van der Waals surface area contributed by atoms with Crippen LogP contribution in [0.15, 0.2) is 93.8 Å². The molecule has 1 atom stereocenters. The normalized spacial score (nSPS) is 15.7. The molecule has 11 heteroatoms. The summed E-state index contributed by atoms with van der Waals surface area (Å²) in [5, 5.41) is 3.49. The summed E-state index contributed by atoms with van der Waals surface area (Å²) < 4.78 is 6.85. The van der Waals surface area contributed by atoms with Crippen molar-refractivity contribution in [3.05, 3.63) is 106 Å². The molecule has 0 radical (unpaired) electrons. The van der Waals surface area contributed by atoms with E-state index in [4.69, 9.17) is 9.73 Å². The van der Waals surface area contributed by atoms with Gasteiger partial charge in [-0.25, -0.2) is 9.98 Å². The minimum Gasteiger partial charge on any atom is -0.496 e. The molecule has 2 aromatic heterocycles. The van der Waals surface area contributed by atoms with E-state index in [9.17, 15) is 14.4 Å². The molecule has 2 aliphatic rings. The number of rotatable bonds is 8. The quantitative estimate of drug-likeness (QED) is 0.346. The molecular weight excluding hydrogens is 540 g/mol. The number of amides is 2. The average Bonchev–Trinajstić information content (AvgIpc) is 3.34. The lowest BCUT2D eigenvalue weighted by Gasteiger charge is -2.31. The molecule has 2 aromatic carbocycles. The Labute approximate surface area is 239 Å². The van der Waals surface area contributed by atoms with Gasteiger partial charge in [-0.05, 0) is 36.8 Å². The van der Waals surface area contributed by atoms with Gasteiger partial charge >= 0.3 is 0 Å². The first kappa shape index (κ1) is 26.5. The summed E-state index contributed by atoms with van der Waals surface area (Å²) in [5.74, 6) is 1.09. The van der Waals surface area contributed by atoms with Crippen molar-refractivity contribution in [1.29, 1.82) is 0 Å². The molecule has 206 valence electrons. The third kappa shape index (κ3) is 5.36. The van der Waals surface area contributed by atoms with Gasteiger partial charge in [0.15, 0.2) is 5.17 Å². The second-order valence-corrected chi connectivity index (χ2v) is 10.4. The van der Waals surface area contributed by atoms with Gasteiger partial charge in [0.2, 0.25) is 5.91 Å². The zero-order chi connectivity index (χ0) is 28.3. The molecule has 0 aliphatic carbocycles. The SMILES string of the molecule is COc1ccccc1CNC(=O)CCC1C(=O)N=C2c3ccccc3N=C(SCc3cc(=O)n4ccccc4n3)N21. The Morgan fingerprint density at radius 3 is 2.71 bits per heavy atom. The van der Waals surface area contributed by atoms with Gasteiger partial charge in [-0.2, -0.15) is 4.99 Å². The van der Waals surface area contributed by atoms with E-state index in [0.717, 1.165) is 11.1 Å². The molecule has 6 rings (SSSR count). The van der Waals surface area contributed by atoms with E-state index in [1.165, 1.54) is 22.2 Å². The Kier molecular flexibility index (Phi) is 7.34. The summed E-state index contributed by atoms with van der Waals surface area (Å²) in [7, 11) is 1.59. The van der Waals surface area contributed by atoms with Crippen LogP contribution in [0.4, 0.5) is 5.69 Å². The fourth-order valence-electron chi connectivity index (χ4n) is 4.89. The van der Waals surface area contributed by atoms with Crippen LogP contribution in [0.25, 0.3) is 5.65 Å². The first-order valence-corrected chi connectivity index (χ1v) is 14.1. The highest BCUT2D eigenvalue weighted by Crippen LogP contribution is 2.35. The fraction of sp³-hybridized carbons (Fsp3) is 0.200. The second-order valence-electron chi connectivity index (χ2n) is 9.50. The van der Waals surface area contributed by atoms with E-state index in [0.29, 0.717) is 46.1 Å². The van der Waals surface area contributed by atoms with Crippen LogP contribution >= 0.6 is 11.8 Å². The van der Waals surface area contributed by atoms with Crippen molar-refractivity contribution in [3.8, 4) is 5.75 Å². The number of hydrogen-bond donors (Lipinski definition) is 1. The maximum atomic E-state index is 13.1. The zero-order valence-corrected chi connectivity index (χ0v) is 23.0. The van der Waals surface area contributed by atoms with E-state index >= 15 is 0 Å². The first-order chi connectivity index (χ1) is 20.0. The largest absolute Gasteiger partial charge is 0.496 e. The molecule has 0 bridgehead atoms. The van der Waals surface area contributed by atoms with Crippen LogP contribution in [0.3, 0.4) is 0 Å². The van der Waals surface area contributed by atoms with Gasteiger partial charge in [-0.3, -0.25) is 23.7 Å². The lowest BCUT2D eigenvalue weighted by molar-refractivity contribution is -0.122. The monoisotopic (exact) mass is 566 g/mol. The number of hydrogen-bond acceptors (Lipinski definition) is 8. The Hall–Kier alpha value is -4.77. The highest BCUT2D eigenvalue weighted by atomic mass is 32.2. The van der Waals surface area contributed by atoms with Crippen molar-refractivity contribution < 1.29 is 14.3 Å². The lowest BCUT2D eigenvalue weighted by atomic mass is 10.1.